The second-order valence-electron chi connectivity index (χ2n) is 6.06. The lowest BCUT2D eigenvalue weighted by atomic mass is 10.00. The molecule has 0 unspecified atom stereocenters. The Hall–Kier alpha value is -2.97. The molecule has 28 heavy (non-hydrogen) atoms. The van der Waals surface area contributed by atoms with Gasteiger partial charge in [-0.1, -0.05) is 47.6 Å². The SMILES string of the molecule is COCC/C([O-])=N/S(=O)(=O)c1ccc(-c2c(-c3ccccc3)noc2C)cc1. The molecular weight excluding hydrogens is 380 g/mol. The lowest BCUT2D eigenvalue weighted by Gasteiger charge is -2.10. The minimum absolute atomic E-state index is 0.0580. The molecule has 0 atom stereocenters. The number of hydrogen-bond acceptors (Lipinski definition) is 6. The number of methoxy groups -OCH3 is 1. The Morgan fingerprint density at radius 2 is 1.79 bits per heavy atom. The largest absolute Gasteiger partial charge is 0.861 e. The summed E-state index contributed by atoms with van der Waals surface area (Å²) in [7, 11) is -2.64. The first-order valence-corrected chi connectivity index (χ1v) is 9.98. The van der Waals surface area contributed by atoms with Gasteiger partial charge in [-0.2, -0.15) is 12.8 Å². The second kappa shape index (κ2) is 8.37. The van der Waals surface area contributed by atoms with E-state index in [0.717, 1.165) is 16.7 Å². The quantitative estimate of drug-likeness (QED) is 0.447. The minimum atomic E-state index is -4.07. The van der Waals surface area contributed by atoms with Gasteiger partial charge in [-0.3, -0.25) is 0 Å². The van der Waals surface area contributed by atoms with E-state index in [0.29, 0.717) is 11.5 Å². The highest BCUT2D eigenvalue weighted by molar-refractivity contribution is 7.90. The zero-order valence-electron chi connectivity index (χ0n) is 15.5. The summed E-state index contributed by atoms with van der Waals surface area (Å²) < 4.78 is 38.0. The molecule has 2 aromatic carbocycles. The van der Waals surface area contributed by atoms with Crippen molar-refractivity contribution in [3.8, 4) is 22.4 Å². The molecule has 0 aliphatic rings. The zero-order chi connectivity index (χ0) is 20.1. The van der Waals surface area contributed by atoms with Crippen molar-refractivity contribution in [1.82, 2.24) is 5.16 Å². The Balaban J connectivity index is 1.93. The van der Waals surface area contributed by atoms with Crippen LogP contribution in [0.2, 0.25) is 0 Å². The van der Waals surface area contributed by atoms with Crippen LogP contribution in [0.15, 0.2) is 68.4 Å². The van der Waals surface area contributed by atoms with Gasteiger partial charge in [0.25, 0.3) is 10.0 Å². The van der Waals surface area contributed by atoms with Crippen LogP contribution in [0.3, 0.4) is 0 Å². The lowest BCUT2D eigenvalue weighted by Crippen LogP contribution is -2.21. The smallest absolute Gasteiger partial charge is 0.281 e. The molecule has 3 rings (SSSR count). The molecule has 0 saturated carbocycles. The number of aryl methyl sites for hydroxylation is 1. The third-order valence-electron chi connectivity index (χ3n) is 4.09. The van der Waals surface area contributed by atoms with Crippen LogP contribution in [0.25, 0.3) is 22.4 Å². The predicted molar refractivity (Wildman–Crippen MR) is 103 cm³/mol. The van der Waals surface area contributed by atoms with Crippen molar-refractivity contribution in [3.05, 3.63) is 60.4 Å². The summed E-state index contributed by atoms with van der Waals surface area (Å²) in [5.41, 5.74) is 3.10. The van der Waals surface area contributed by atoms with Crippen LogP contribution in [0.4, 0.5) is 0 Å². The van der Waals surface area contributed by atoms with Crippen molar-refractivity contribution >= 4 is 15.9 Å². The summed E-state index contributed by atoms with van der Waals surface area (Å²) in [6, 6.07) is 15.7. The van der Waals surface area contributed by atoms with Gasteiger partial charge < -0.3 is 14.4 Å². The number of nitrogens with zero attached hydrogens (tertiary/aromatic N) is 2. The molecule has 0 amide bonds. The van der Waals surface area contributed by atoms with Crippen LogP contribution in [-0.4, -0.2) is 33.2 Å². The van der Waals surface area contributed by atoms with Gasteiger partial charge in [-0.15, -0.1) is 0 Å². The van der Waals surface area contributed by atoms with Crippen molar-refractivity contribution < 1.29 is 22.8 Å². The molecular formula is C20H19N2O5S-. The van der Waals surface area contributed by atoms with Crippen molar-refractivity contribution in [3.63, 3.8) is 0 Å². The number of aromatic nitrogens is 1. The van der Waals surface area contributed by atoms with E-state index < -0.39 is 15.9 Å². The number of benzene rings is 2. The van der Waals surface area contributed by atoms with Crippen LogP contribution in [0, 0.1) is 6.92 Å². The average Bonchev–Trinajstić information content (AvgIpc) is 3.08. The number of hydrogen-bond donors (Lipinski definition) is 0. The fraction of sp³-hybridized carbons (Fsp3) is 0.200. The summed E-state index contributed by atoms with van der Waals surface area (Å²) in [6.45, 7) is 1.91. The molecule has 1 aromatic heterocycles. The first-order valence-electron chi connectivity index (χ1n) is 8.54. The van der Waals surface area contributed by atoms with Gasteiger partial charge in [0.2, 0.25) is 0 Å². The topological polar surface area (TPSA) is 105 Å². The minimum Gasteiger partial charge on any atom is -0.861 e. The molecule has 0 saturated heterocycles. The maximum atomic E-state index is 12.3. The van der Waals surface area contributed by atoms with Crippen LogP contribution < -0.4 is 5.11 Å². The second-order valence-corrected chi connectivity index (χ2v) is 7.66. The first-order chi connectivity index (χ1) is 13.4. The molecule has 0 aliphatic carbocycles. The molecule has 146 valence electrons. The van der Waals surface area contributed by atoms with Gasteiger partial charge in [0.15, 0.2) is 0 Å². The summed E-state index contributed by atoms with van der Waals surface area (Å²) in [5.74, 6) is -0.124. The maximum absolute atomic E-state index is 12.3. The highest BCUT2D eigenvalue weighted by Crippen LogP contribution is 2.34. The van der Waals surface area contributed by atoms with Crippen LogP contribution >= 0.6 is 0 Å². The number of ether oxygens (including phenoxy) is 1. The first kappa shape index (κ1) is 19.8. The molecule has 0 aliphatic heterocycles. The molecule has 8 heteroatoms. The lowest BCUT2D eigenvalue weighted by molar-refractivity contribution is -0.218. The fourth-order valence-electron chi connectivity index (χ4n) is 2.72. The van der Waals surface area contributed by atoms with Gasteiger partial charge in [0.1, 0.15) is 11.5 Å². The van der Waals surface area contributed by atoms with E-state index in [4.69, 9.17) is 9.26 Å². The molecule has 0 bridgehead atoms. The monoisotopic (exact) mass is 399 g/mol. The Kier molecular flexibility index (Phi) is 5.91. The van der Waals surface area contributed by atoms with Gasteiger partial charge >= 0.3 is 0 Å². The van der Waals surface area contributed by atoms with Crippen molar-refractivity contribution in [1.29, 1.82) is 0 Å². The Labute approximate surface area is 163 Å². The summed E-state index contributed by atoms with van der Waals surface area (Å²) in [5, 5.41) is 15.8. The van der Waals surface area contributed by atoms with Crippen molar-refractivity contribution in [2.75, 3.05) is 13.7 Å². The highest BCUT2D eigenvalue weighted by Gasteiger charge is 2.18. The highest BCUT2D eigenvalue weighted by atomic mass is 32.2. The van der Waals surface area contributed by atoms with Crippen LogP contribution in [-0.2, 0) is 14.8 Å². The number of sulfonamides is 1. The van der Waals surface area contributed by atoms with Gasteiger partial charge in [-0.25, -0.2) is 0 Å². The van der Waals surface area contributed by atoms with E-state index in [1.807, 2.05) is 30.3 Å². The molecule has 1 heterocycles. The van der Waals surface area contributed by atoms with Crippen molar-refractivity contribution in [2.45, 2.75) is 18.2 Å². The van der Waals surface area contributed by atoms with E-state index in [9.17, 15) is 13.5 Å². The van der Waals surface area contributed by atoms with Crippen LogP contribution in [0.1, 0.15) is 12.2 Å². The third-order valence-corrected chi connectivity index (χ3v) is 5.40. The zero-order valence-corrected chi connectivity index (χ0v) is 16.3. The Morgan fingerprint density at radius 3 is 2.43 bits per heavy atom. The van der Waals surface area contributed by atoms with Crippen molar-refractivity contribution in [2.24, 2.45) is 4.40 Å². The fourth-order valence-corrected chi connectivity index (χ4v) is 3.67. The Bertz CT molecular complexity index is 1070. The van der Waals surface area contributed by atoms with Gasteiger partial charge in [0.05, 0.1) is 17.1 Å². The number of rotatable bonds is 7. The molecule has 0 spiro atoms. The van der Waals surface area contributed by atoms with Gasteiger partial charge in [-0.05, 0) is 36.9 Å². The van der Waals surface area contributed by atoms with E-state index in [-0.39, 0.29) is 17.9 Å². The molecule has 7 nitrogen and oxygen atoms in total. The molecule has 0 N–H and O–H groups in total. The maximum Gasteiger partial charge on any atom is 0.281 e. The van der Waals surface area contributed by atoms with Gasteiger partial charge in [0, 0.05) is 12.7 Å². The third kappa shape index (κ3) is 4.29. The normalized spacial score (nSPS) is 12.3. The molecule has 0 fully saturated rings. The Morgan fingerprint density at radius 1 is 1.11 bits per heavy atom. The average molecular weight is 399 g/mol. The predicted octanol–water partition coefficient (Wildman–Crippen LogP) is 2.80. The molecule has 0 radical (unpaired) electrons. The summed E-state index contributed by atoms with van der Waals surface area (Å²) >= 11 is 0. The van der Waals surface area contributed by atoms with E-state index in [1.165, 1.54) is 19.2 Å². The van der Waals surface area contributed by atoms with E-state index in [1.54, 1.807) is 19.1 Å². The standard InChI is InChI=1S/C20H20N2O5S/c1-14-19(20(21-27-14)16-6-4-3-5-7-16)15-8-10-17(11-9-15)28(24,25)22-18(23)12-13-26-2/h3-11H,12-13H2,1-2H3,(H,22,23)/p-1. The van der Waals surface area contributed by atoms with E-state index >= 15 is 0 Å². The summed E-state index contributed by atoms with van der Waals surface area (Å²) in [4.78, 5) is -0.0580. The summed E-state index contributed by atoms with van der Waals surface area (Å²) in [6.07, 6.45) is -0.0892. The van der Waals surface area contributed by atoms with E-state index in [2.05, 4.69) is 9.55 Å². The molecule has 3 aromatic rings. The van der Waals surface area contributed by atoms with Crippen LogP contribution in [0.5, 0.6) is 0 Å².